The Bertz CT molecular complexity index is 1190. The zero-order valence-corrected chi connectivity index (χ0v) is 17.9. The van der Waals surface area contributed by atoms with Crippen molar-refractivity contribution in [2.24, 2.45) is 0 Å². The highest BCUT2D eigenvalue weighted by molar-refractivity contribution is 9.10. The quantitative estimate of drug-likeness (QED) is 0.382. The molecule has 0 fully saturated rings. The van der Waals surface area contributed by atoms with Crippen LogP contribution in [0.5, 0.6) is 0 Å². The first-order valence-corrected chi connectivity index (χ1v) is 10.6. The van der Waals surface area contributed by atoms with Crippen LogP contribution in [0.15, 0.2) is 63.3 Å². The lowest BCUT2D eigenvalue weighted by molar-refractivity contribution is 0.185. The highest BCUT2D eigenvalue weighted by Gasteiger charge is 2.15. The number of aromatic nitrogens is 6. The molecule has 10 heteroatoms. The molecular formula is C19H17BrN6O2S. The van der Waals surface area contributed by atoms with E-state index in [-0.39, 0.29) is 5.56 Å². The molecule has 0 aliphatic heterocycles. The lowest BCUT2D eigenvalue weighted by Gasteiger charge is -2.09. The van der Waals surface area contributed by atoms with Gasteiger partial charge in [0.05, 0.1) is 18.8 Å². The summed E-state index contributed by atoms with van der Waals surface area (Å²) in [6.07, 6.45) is 5.16. The van der Waals surface area contributed by atoms with E-state index in [1.807, 2.05) is 28.8 Å². The van der Waals surface area contributed by atoms with Gasteiger partial charge in [-0.05, 0) is 40.2 Å². The Morgan fingerprint density at radius 2 is 2.00 bits per heavy atom. The van der Waals surface area contributed by atoms with Gasteiger partial charge in [0.2, 0.25) is 0 Å². The van der Waals surface area contributed by atoms with Crippen molar-refractivity contribution in [1.29, 1.82) is 0 Å². The van der Waals surface area contributed by atoms with Crippen molar-refractivity contribution < 1.29 is 4.74 Å². The summed E-state index contributed by atoms with van der Waals surface area (Å²) in [7, 11) is 1.66. The first-order chi connectivity index (χ1) is 14.2. The molecule has 0 atom stereocenters. The van der Waals surface area contributed by atoms with Crippen LogP contribution in [0.1, 0.15) is 5.69 Å². The standard InChI is InChI=1S/C19H17BrN6O2S/c1-28-9-8-25-18(13-4-6-21-7-5-13)23-24-19(25)29-12-15-10-17(27)26-11-14(20)2-3-16(26)22-15/h2-7,10-11H,8-9,12H2,1H3. The number of thioether (sulfide) groups is 1. The summed E-state index contributed by atoms with van der Waals surface area (Å²) >= 11 is 4.86. The minimum absolute atomic E-state index is 0.120. The lowest BCUT2D eigenvalue weighted by atomic mass is 10.2. The van der Waals surface area contributed by atoms with Gasteiger partial charge in [0, 0.05) is 47.6 Å². The van der Waals surface area contributed by atoms with Crippen molar-refractivity contribution in [2.45, 2.75) is 17.5 Å². The minimum Gasteiger partial charge on any atom is -0.383 e. The van der Waals surface area contributed by atoms with Crippen LogP contribution in [-0.2, 0) is 17.0 Å². The molecule has 0 radical (unpaired) electrons. The van der Waals surface area contributed by atoms with Crippen molar-refractivity contribution in [3.63, 3.8) is 0 Å². The molecule has 148 valence electrons. The third-order valence-corrected chi connectivity index (χ3v) is 5.67. The Balaban J connectivity index is 1.61. The van der Waals surface area contributed by atoms with Crippen LogP contribution in [0.2, 0.25) is 0 Å². The fourth-order valence-electron chi connectivity index (χ4n) is 2.83. The number of ether oxygens (including phenoxy) is 1. The maximum absolute atomic E-state index is 12.4. The van der Waals surface area contributed by atoms with Gasteiger partial charge in [-0.1, -0.05) is 11.8 Å². The van der Waals surface area contributed by atoms with Gasteiger partial charge in [-0.25, -0.2) is 4.98 Å². The number of fused-ring (bicyclic) bond motifs is 1. The molecule has 4 aromatic heterocycles. The van der Waals surface area contributed by atoms with Crippen LogP contribution in [0, 0.1) is 0 Å². The lowest BCUT2D eigenvalue weighted by Crippen LogP contribution is -2.15. The van der Waals surface area contributed by atoms with Gasteiger partial charge < -0.3 is 4.74 Å². The molecule has 0 unspecified atom stereocenters. The molecule has 0 aliphatic rings. The van der Waals surface area contributed by atoms with E-state index >= 15 is 0 Å². The molecule has 0 aromatic carbocycles. The topological polar surface area (TPSA) is 87.2 Å². The van der Waals surface area contributed by atoms with Gasteiger partial charge in [0.25, 0.3) is 5.56 Å². The van der Waals surface area contributed by atoms with E-state index in [0.29, 0.717) is 30.2 Å². The Morgan fingerprint density at radius 1 is 1.17 bits per heavy atom. The zero-order valence-electron chi connectivity index (χ0n) is 15.5. The van der Waals surface area contributed by atoms with E-state index < -0.39 is 0 Å². The van der Waals surface area contributed by atoms with E-state index in [1.165, 1.54) is 16.2 Å². The van der Waals surface area contributed by atoms with Crippen LogP contribution in [0.3, 0.4) is 0 Å². The zero-order chi connectivity index (χ0) is 20.2. The maximum atomic E-state index is 12.4. The smallest absolute Gasteiger partial charge is 0.258 e. The van der Waals surface area contributed by atoms with Crippen molar-refractivity contribution in [3.05, 3.63) is 69.4 Å². The monoisotopic (exact) mass is 472 g/mol. The highest BCUT2D eigenvalue weighted by atomic mass is 79.9. The van der Waals surface area contributed by atoms with E-state index in [1.54, 1.807) is 31.8 Å². The summed E-state index contributed by atoms with van der Waals surface area (Å²) in [5, 5.41) is 9.43. The average molecular weight is 473 g/mol. The first kappa shape index (κ1) is 19.7. The van der Waals surface area contributed by atoms with Crippen molar-refractivity contribution >= 4 is 33.3 Å². The number of nitrogens with zero attached hydrogens (tertiary/aromatic N) is 6. The van der Waals surface area contributed by atoms with E-state index in [4.69, 9.17) is 4.74 Å². The van der Waals surface area contributed by atoms with Crippen LogP contribution in [0.4, 0.5) is 0 Å². The number of halogens is 1. The summed E-state index contributed by atoms with van der Waals surface area (Å²) < 4.78 is 9.59. The summed E-state index contributed by atoms with van der Waals surface area (Å²) in [5.41, 5.74) is 2.11. The Morgan fingerprint density at radius 3 is 2.79 bits per heavy atom. The summed E-state index contributed by atoms with van der Waals surface area (Å²) in [6.45, 7) is 1.15. The molecule has 4 rings (SSSR count). The molecule has 0 N–H and O–H groups in total. The molecule has 8 nitrogen and oxygen atoms in total. The SMILES string of the molecule is COCCn1c(SCc2cc(=O)n3cc(Br)ccc3n2)nnc1-c1ccncc1. The fraction of sp³-hybridized carbons (Fsp3) is 0.211. The van der Waals surface area contributed by atoms with Gasteiger partial charge in [-0.2, -0.15) is 0 Å². The van der Waals surface area contributed by atoms with Gasteiger partial charge in [0.15, 0.2) is 11.0 Å². The average Bonchev–Trinajstić information content (AvgIpc) is 3.14. The molecule has 4 aromatic rings. The number of hydrogen-bond acceptors (Lipinski definition) is 7. The van der Waals surface area contributed by atoms with Crippen molar-refractivity contribution in [1.82, 2.24) is 29.1 Å². The second kappa shape index (κ2) is 8.85. The molecule has 0 saturated heterocycles. The second-order valence-corrected chi connectivity index (χ2v) is 7.99. The number of methoxy groups -OCH3 is 1. The first-order valence-electron chi connectivity index (χ1n) is 8.79. The summed E-state index contributed by atoms with van der Waals surface area (Å²) in [6, 6.07) is 9.01. The van der Waals surface area contributed by atoms with Crippen LogP contribution in [-0.4, -0.2) is 42.8 Å². The van der Waals surface area contributed by atoms with E-state index in [0.717, 1.165) is 21.0 Å². The molecule has 4 heterocycles. The van der Waals surface area contributed by atoms with Gasteiger partial charge >= 0.3 is 0 Å². The molecule has 0 aliphatic carbocycles. The van der Waals surface area contributed by atoms with Gasteiger partial charge in [0.1, 0.15) is 5.65 Å². The fourth-order valence-corrected chi connectivity index (χ4v) is 4.03. The Labute approximate surface area is 179 Å². The molecule has 0 spiro atoms. The third kappa shape index (κ3) is 4.39. The maximum Gasteiger partial charge on any atom is 0.258 e. The number of pyridine rings is 2. The Hall–Kier alpha value is -2.56. The minimum atomic E-state index is -0.120. The predicted octanol–water partition coefficient (Wildman–Crippen LogP) is 3.05. The van der Waals surface area contributed by atoms with Crippen LogP contribution < -0.4 is 5.56 Å². The largest absolute Gasteiger partial charge is 0.383 e. The van der Waals surface area contributed by atoms with Gasteiger partial charge in [-0.15, -0.1) is 10.2 Å². The van der Waals surface area contributed by atoms with E-state index in [9.17, 15) is 4.79 Å². The molecule has 0 bridgehead atoms. The van der Waals surface area contributed by atoms with Crippen LogP contribution >= 0.6 is 27.7 Å². The van der Waals surface area contributed by atoms with E-state index in [2.05, 4.69) is 36.1 Å². The number of rotatable bonds is 7. The molecule has 0 amide bonds. The van der Waals surface area contributed by atoms with Crippen molar-refractivity contribution in [3.8, 4) is 11.4 Å². The van der Waals surface area contributed by atoms with Crippen LogP contribution in [0.25, 0.3) is 17.0 Å². The molecule has 0 saturated carbocycles. The number of hydrogen-bond donors (Lipinski definition) is 0. The summed E-state index contributed by atoms with van der Waals surface area (Å²) in [5.74, 6) is 1.26. The molecular weight excluding hydrogens is 456 g/mol. The normalized spacial score (nSPS) is 11.2. The van der Waals surface area contributed by atoms with Crippen molar-refractivity contribution in [2.75, 3.05) is 13.7 Å². The second-order valence-electron chi connectivity index (χ2n) is 6.14. The Kier molecular flexibility index (Phi) is 6.02. The summed E-state index contributed by atoms with van der Waals surface area (Å²) in [4.78, 5) is 21.0. The predicted molar refractivity (Wildman–Crippen MR) is 114 cm³/mol. The van der Waals surface area contributed by atoms with Gasteiger partial charge in [-0.3, -0.25) is 18.7 Å². The third-order valence-electron chi connectivity index (χ3n) is 4.20. The highest BCUT2D eigenvalue weighted by Crippen LogP contribution is 2.25. The molecule has 29 heavy (non-hydrogen) atoms.